The van der Waals surface area contributed by atoms with Crippen molar-refractivity contribution >= 4 is 28.2 Å². The first-order valence-corrected chi connectivity index (χ1v) is 7.90. The van der Waals surface area contributed by atoms with Crippen LogP contribution in [0.1, 0.15) is 30.2 Å². The van der Waals surface area contributed by atoms with Crippen molar-refractivity contribution in [2.75, 3.05) is 0 Å². The number of fused-ring (bicyclic) bond motifs is 1. The van der Waals surface area contributed by atoms with E-state index in [0.717, 1.165) is 16.7 Å². The lowest BCUT2D eigenvalue weighted by Crippen LogP contribution is -2.30. The van der Waals surface area contributed by atoms with Gasteiger partial charge < -0.3 is 20.0 Å². The quantitative estimate of drug-likeness (QED) is 0.636. The SMILES string of the molecule is CC(=S)NC(c1nc2ccccc2[nH]1)c1c(O)c(=O)cc(C)n1C. The summed E-state index contributed by atoms with van der Waals surface area (Å²) in [6, 6.07) is 8.47. The highest BCUT2D eigenvalue weighted by molar-refractivity contribution is 7.80. The third-order valence-corrected chi connectivity index (χ3v) is 4.13. The van der Waals surface area contributed by atoms with Gasteiger partial charge in [-0.05, 0) is 26.0 Å². The minimum Gasteiger partial charge on any atom is -0.503 e. The Morgan fingerprint density at radius 3 is 2.79 bits per heavy atom. The number of rotatable bonds is 3. The summed E-state index contributed by atoms with van der Waals surface area (Å²) < 4.78 is 1.76. The highest BCUT2D eigenvalue weighted by Crippen LogP contribution is 2.27. The van der Waals surface area contributed by atoms with E-state index in [4.69, 9.17) is 12.2 Å². The van der Waals surface area contributed by atoms with Crippen molar-refractivity contribution in [2.45, 2.75) is 19.9 Å². The summed E-state index contributed by atoms with van der Waals surface area (Å²) in [6.07, 6.45) is 0. The van der Waals surface area contributed by atoms with E-state index in [1.54, 1.807) is 18.5 Å². The van der Waals surface area contributed by atoms with Crippen LogP contribution < -0.4 is 10.7 Å². The van der Waals surface area contributed by atoms with E-state index in [2.05, 4.69) is 15.3 Å². The molecule has 1 unspecified atom stereocenters. The predicted molar refractivity (Wildman–Crippen MR) is 97.4 cm³/mol. The third kappa shape index (κ3) is 2.78. The van der Waals surface area contributed by atoms with Crippen LogP contribution in [0.15, 0.2) is 35.1 Å². The molecule has 0 amide bonds. The van der Waals surface area contributed by atoms with Gasteiger partial charge in [-0.15, -0.1) is 0 Å². The molecular formula is C17H18N4O2S. The van der Waals surface area contributed by atoms with Gasteiger partial charge in [-0.1, -0.05) is 24.4 Å². The van der Waals surface area contributed by atoms with Gasteiger partial charge in [-0.3, -0.25) is 4.79 Å². The summed E-state index contributed by atoms with van der Waals surface area (Å²) in [5, 5.41) is 13.5. The zero-order chi connectivity index (χ0) is 17.4. The van der Waals surface area contributed by atoms with Crippen LogP contribution >= 0.6 is 12.2 Å². The minimum atomic E-state index is -0.563. The molecule has 2 aromatic heterocycles. The molecule has 1 aromatic carbocycles. The second-order valence-electron chi connectivity index (χ2n) is 5.72. The van der Waals surface area contributed by atoms with Crippen molar-refractivity contribution in [1.29, 1.82) is 0 Å². The van der Waals surface area contributed by atoms with Gasteiger partial charge in [-0.2, -0.15) is 0 Å². The van der Waals surface area contributed by atoms with E-state index in [0.29, 0.717) is 16.5 Å². The minimum absolute atomic E-state index is 0.308. The number of nitrogens with one attached hydrogen (secondary N) is 2. The molecule has 0 aliphatic carbocycles. The number of thiocarbonyl (C=S) groups is 1. The molecule has 0 fully saturated rings. The smallest absolute Gasteiger partial charge is 0.223 e. The molecule has 0 radical (unpaired) electrons. The molecule has 1 atom stereocenters. The predicted octanol–water partition coefficient (Wildman–Crippen LogP) is 2.30. The van der Waals surface area contributed by atoms with Crippen molar-refractivity contribution in [3.05, 3.63) is 57.8 Å². The first kappa shape index (κ1) is 16.2. The number of hydrogen-bond donors (Lipinski definition) is 3. The van der Waals surface area contributed by atoms with Crippen molar-refractivity contribution in [3.8, 4) is 5.75 Å². The molecule has 0 spiro atoms. The second kappa shape index (κ2) is 6.09. The van der Waals surface area contributed by atoms with Crippen LogP contribution in [0.3, 0.4) is 0 Å². The van der Waals surface area contributed by atoms with Gasteiger partial charge >= 0.3 is 0 Å². The first-order valence-electron chi connectivity index (χ1n) is 7.49. The fraction of sp³-hybridized carbons (Fsp3) is 0.235. The van der Waals surface area contributed by atoms with Gasteiger partial charge in [0.2, 0.25) is 5.43 Å². The molecule has 0 saturated heterocycles. The lowest BCUT2D eigenvalue weighted by atomic mass is 10.1. The molecule has 7 heteroatoms. The van der Waals surface area contributed by atoms with E-state index in [9.17, 15) is 9.90 Å². The summed E-state index contributed by atoms with van der Waals surface area (Å²) >= 11 is 5.18. The zero-order valence-corrected chi connectivity index (χ0v) is 14.4. The second-order valence-corrected chi connectivity index (χ2v) is 6.33. The van der Waals surface area contributed by atoms with Crippen molar-refractivity contribution < 1.29 is 5.11 Å². The Balaban J connectivity index is 2.25. The number of aromatic amines is 1. The van der Waals surface area contributed by atoms with Gasteiger partial charge in [0, 0.05) is 18.8 Å². The van der Waals surface area contributed by atoms with Crippen LogP contribution in [0.2, 0.25) is 0 Å². The number of aromatic nitrogens is 3. The fourth-order valence-corrected chi connectivity index (χ4v) is 2.86. The normalized spacial score (nSPS) is 12.3. The van der Waals surface area contributed by atoms with Crippen molar-refractivity contribution in [2.24, 2.45) is 7.05 Å². The van der Waals surface area contributed by atoms with Crippen LogP contribution in [-0.4, -0.2) is 24.6 Å². The molecule has 0 aliphatic heterocycles. The molecule has 3 rings (SSSR count). The van der Waals surface area contributed by atoms with Crippen LogP contribution in [0.5, 0.6) is 5.75 Å². The summed E-state index contributed by atoms with van der Waals surface area (Å²) in [5.41, 5.74) is 2.41. The lowest BCUT2D eigenvalue weighted by Gasteiger charge is -2.22. The molecule has 124 valence electrons. The third-order valence-electron chi connectivity index (χ3n) is 4.01. The maximum atomic E-state index is 12.1. The molecular weight excluding hydrogens is 324 g/mol. The molecule has 3 N–H and O–H groups in total. The van der Waals surface area contributed by atoms with Crippen molar-refractivity contribution in [3.63, 3.8) is 0 Å². The van der Waals surface area contributed by atoms with Crippen LogP contribution in [0.25, 0.3) is 11.0 Å². The summed E-state index contributed by atoms with van der Waals surface area (Å²) in [7, 11) is 1.79. The van der Waals surface area contributed by atoms with Crippen molar-refractivity contribution in [1.82, 2.24) is 19.9 Å². The number of H-pyrrole nitrogens is 1. The fourth-order valence-electron chi connectivity index (χ4n) is 2.74. The number of imidazole rings is 1. The van der Waals surface area contributed by atoms with E-state index >= 15 is 0 Å². The van der Waals surface area contributed by atoms with Gasteiger partial charge in [-0.25, -0.2) is 4.98 Å². The number of hydrogen-bond acceptors (Lipinski definition) is 4. The lowest BCUT2D eigenvalue weighted by molar-refractivity contribution is 0.441. The Morgan fingerprint density at radius 1 is 1.42 bits per heavy atom. The summed E-state index contributed by atoms with van der Waals surface area (Å²) in [4.78, 5) is 20.4. The topological polar surface area (TPSA) is 82.9 Å². The highest BCUT2D eigenvalue weighted by atomic mass is 32.1. The monoisotopic (exact) mass is 342 g/mol. The molecule has 24 heavy (non-hydrogen) atoms. The van der Waals surface area contributed by atoms with E-state index < -0.39 is 11.5 Å². The van der Waals surface area contributed by atoms with Crippen LogP contribution in [0.4, 0.5) is 0 Å². The number of aryl methyl sites for hydroxylation is 1. The first-order chi connectivity index (χ1) is 11.4. The molecule has 6 nitrogen and oxygen atoms in total. The number of aromatic hydroxyl groups is 1. The van der Waals surface area contributed by atoms with Crippen LogP contribution in [0, 0.1) is 6.92 Å². The van der Waals surface area contributed by atoms with E-state index in [-0.39, 0.29) is 5.75 Å². The molecule has 0 saturated carbocycles. The van der Waals surface area contributed by atoms with Gasteiger partial charge in [0.25, 0.3) is 0 Å². The van der Waals surface area contributed by atoms with Crippen LogP contribution in [-0.2, 0) is 7.05 Å². The number of benzene rings is 1. The average Bonchev–Trinajstić information content (AvgIpc) is 2.95. The number of pyridine rings is 1. The highest BCUT2D eigenvalue weighted by Gasteiger charge is 2.25. The molecule has 3 aromatic rings. The maximum absolute atomic E-state index is 12.1. The van der Waals surface area contributed by atoms with Gasteiger partial charge in [0.15, 0.2) is 5.75 Å². The molecule has 0 bridgehead atoms. The standard InChI is InChI=1S/C17H18N4O2S/c1-9-8-13(22)16(23)15(21(9)3)14(18-10(2)24)17-19-11-6-4-5-7-12(11)20-17/h4-8,14,23H,1-3H3,(H,18,24)(H,19,20). The van der Waals surface area contributed by atoms with E-state index in [1.165, 1.54) is 6.07 Å². The Labute approximate surface area is 144 Å². The Hall–Kier alpha value is -2.67. The summed E-state index contributed by atoms with van der Waals surface area (Å²) in [6.45, 7) is 3.56. The number of para-hydroxylation sites is 2. The largest absolute Gasteiger partial charge is 0.503 e. The average molecular weight is 342 g/mol. The molecule has 0 aliphatic rings. The Morgan fingerprint density at radius 2 is 2.12 bits per heavy atom. The number of nitrogens with zero attached hydrogens (tertiary/aromatic N) is 2. The molecule has 2 heterocycles. The Bertz CT molecular complexity index is 957. The Kier molecular flexibility index (Phi) is 4.11. The van der Waals surface area contributed by atoms with E-state index in [1.807, 2.05) is 31.2 Å². The van der Waals surface area contributed by atoms with Gasteiger partial charge in [0.05, 0.1) is 21.7 Å². The summed E-state index contributed by atoms with van der Waals surface area (Å²) in [5.74, 6) is 0.272. The van der Waals surface area contributed by atoms with Gasteiger partial charge in [0.1, 0.15) is 11.9 Å². The maximum Gasteiger partial charge on any atom is 0.223 e. The zero-order valence-electron chi connectivity index (χ0n) is 13.6.